The summed E-state index contributed by atoms with van der Waals surface area (Å²) >= 11 is 0. The Bertz CT molecular complexity index is 611. The van der Waals surface area contributed by atoms with Gasteiger partial charge in [-0.3, -0.25) is 9.59 Å². The second kappa shape index (κ2) is 5.44. The summed E-state index contributed by atoms with van der Waals surface area (Å²) in [6.07, 6.45) is 1.51. The molecular formula is C15H11FNO2. The van der Waals surface area contributed by atoms with Crippen LogP contribution in [0.3, 0.4) is 0 Å². The number of carbonyl (C=O) groups is 1. The van der Waals surface area contributed by atoms with E-state index in [1.165, 1.54) is 18.4 Å². The average Bonchev–Trinajstić information content (AvgIpc) is 2.40. The molecule has 2 aromatic carbocycles. The zero-order valence-corrected chi connectivity index (χ0v) is 9.97. The van der Waals surface area contributed by atoms with E-state index < -0.39 is 17.6 Å². The molecule has 0 bridgehead atoms. The third-order valence-electron chi connectivity index (χ3n) is 2.81. The molecule has 0 spiro atoms. The molecule has 1 amide bonds. The topological polar surface area (TPSA) is 60.2 Å². The van der Waals surface area contributed by atoms with Gasteiger partial charge in [-0.1, -0.05) is 42.5 Å². The van der Waals surface area contributed by atoms with E-state index in [9.17, 15) is 14.0 Å². The van der Waals surface area contributed by atoms with E-state index in [0.29, 0.717) is 5.56 Å². The van der Waals surface area contributed by atoms with Crippen molar-refractivity contribution in [2.75, 3.05) is 0 Å². The SMILES string of the molecule is NC(=O)[C@@H]([C]=O)c1ccc(-c2ccccc2)c(F)c1. The minimum absolute atomic E-state index is 0.208. The number of rotatable bonds is 4. The fraction of sp³-hybridized carbons (Fsp3) is 0.0667. The lowest BCUT2D eigenvalue weighted by Gasteiger charge is -2.09. The smallest absolute Gasteiger partial charge is 0.233 e. The molecule has 19 heavy (non-hydrogen) atoms. The number of primary amides is 1. The molecule has 3 nitrogen and oxygen atoms in total. The van der Waals surface area contributed by atoms with E-state index in [-0.39, 0.29) is 5.56 Å². The van der Waals surface area contributed by atoms with Crippen LogP contribution in [-0.2, 0) is 9.59 Å². The van der Waals surface area contributed by atoms with Gasteiger partial charge in [0.1, 0.15) is 11.7 Å². The molecule has 0 aliphatic carbocycles. The lowest BCUT2D eigenvalue weighted by Crippen LogP contribution is -2.22. The molecule has 4 heteroatoms. The second-order valence-electron chi connectivity index (χ2n) is 4.06. The molecule has 2 aromatic rings. The van der Waals surface area contributed by atoms with Gasteiger partial charge in [-0.05, 0) is 17.2 Å². The van der Waals surface area contributed by atoms with Crippen molar-refractivity contribution < 1.29 is 14.0 Å². The average molecular weight is 256 g/mol. The van der Waals surface area contributed by atoms with E-state index >= 15 is 0 Å². The zero-order chi connectivity index (χ0) is 13.8. The van der Waals surface area contributed by atoms with E-state index in [1.54, 1.807) is 24.3 Å². The van der Waals surface area contributed by atoms with Gasteiger partial charge in [0, 0.05) is 5.56 Å². The molecule has 0 fully saturated rings. The van der Waals surface area contributed by atoms with Gasteiger partial charge in [0.25, 0.3) is 0 Å². The van der Waals surface area contributed by atoms with Crippen molar-refractivity contribution in [2.45, 2.75) is 5.92 Å². The first-order chi connectivity index (χ1) is 9.13. The summed E-state index contributed by atoms with van der Waals surface area (Å²) in [5.41, 5.74) is 6.38. The summed E-state index contributed by atoms with van der Waals surface area (Å²) in [5, 5.41) is 0. The van der Waals surface area contributed by atoms with Crippen LogP contribution in [0.25, 0.3) is 11.1 Å². The fourth-order valence-corrected chi connectivity index (χ4v) is 1.85. The predicted molar refractivity (Wildman–Crippen MR) is 69.5 cm³/mol. The van der Waals surface area contributed by atoms with Gasteiger partial charge in [0.2, 0.25) is 12.2 Å². The normalized spacial score (nSPS) is 11.8. The maximum atomic E-state index is 14.0. The number of amides is 1. The molecule has 1 atom stereocenters. The monoisotopic (exact) mass is 256 g/mol. The summed E-state index contributed by atoms with van der Waals surface area (Å²) in [6.45, 7) is 0. The van der Waals surface area contributed by atoms with Crippen LogP contribution in [0.2, 0.25) is 0 Å². The van der Waals surface area contributed by atoms with E-state index in [2.05, 4.69) is 0 Å². The van der Waals surface area contributed by atoms with Gasteiger partial charge in [0.05, 0.1) is 0 Å². The summed E-state index contributed by atoms with van der Waals surface area (Å²) in [7, 11) is 0. The molecule has 0 aliphatic heterocycles. The minimum Gasteiger partial charge on any atom is -0.369 e. The first-order valence-electron chi connectivity index (χ1n) is 5.65. The molecule has 2 rings (SSSR count). The van der Waals surface area contributed by atoms with Crippen LogP contribution in [0, 0.1) is 5.82 Å². The van der Waals surface area contributed by atoms with Gasteiger partial charge >= 0.3 is 0 Å². The van der Waals surface area contributed by atoms with Crippen molar-refractivity contribution in [3.05, 3.63) is 59.9 Å². The van der Waals surface area contributed by atoms with Crippen LogP contribution >= 0.6 is 0 Å². The predicted octanol–water partition coefficient (Wildman–Crippen LogP) is 2.17. The Balaban J connectivity index is 2.43. The van der Waals surface area contributed by atoms with Crippen LogP contribution in [-0.4, -0.2) is 12.2 Å². The highest BCUT2D eigenvalue weighted by Gasteiger charge is 2.19. The zero-order valence-electron chi connectivity index (χ0n) is 9.97. The Morgan fingerprint density at radius 3 is 2.37 bits per heavy atom. The number of nitrogens with two attached hydrogens (primary N) is 1. The highest BCUT2D eigenvalue weighted by atomic mass is 19.1. The number of hydrogen-bond donors (Lipinski definition) is 1. The molecule has 0 aliphatic rings. The lowest BCUT2D eigenvalue weighted by atomic mass is 9.96. The van der Waals surface area contributed by atoms with Gasteiger partial charge in [-0.2, -0.15) is 0 Å². The fourth-order valence-electron chi connectivity index (χ4n) is 1.85. The van der Waals surface area contributed by atoms with Gasteiger partial charge in [-0.15, -0.1) is 0 Å². The van der Waals surface area contributed by atoms with Crippen molar-refractivity contribution in [1.82, 2.24) is 0 Å². The second-order valence-corrected chi connectivity index (χ2v) is 4.06. The quantitative estimate of drug-likeness (QED) is 0.852. The van der Waals surface area contributed by atoms with E-state index in [0.717, 1.165) is 11.6 Å². The maximum absolute atomic E-state index is 14.0. The molecule has 0 heterocycles. The molecule has 0 saturated carbocycles. The van der Waals surface area contributed by atoms with Crippen LogP contribution in [0.15, 0.2) is 48.5 Å². The van der Waals surface area contributed by atoms with Crippen LogP contribution < -0.4 is 5.73 Å². The third-order valence-corrected chi connectivity index (χ3v) is 2.81. The van der Waals surface area contributed by atoms with Crippen LogP contribution in [0.1, 0.15) is 11.5 Å². The van der Waals surface area contributed by atoms with Gasteiger partial charge < -0.3 is 5.73 Å². The van der Waals surface area contributed by atoms with Crippen molar-refractivity contribution in [3.8, 4) is 11.1 Å². The number of halogens is 1. The summed E-state index contributed by atoms with van der Waals surface area (Å²) in [5.74, 6) is -2.59. The number of carbonyl (C=O) groups excluding carboxylic acids is 2. The van der Waals surface area contributed by atoms with Crippen LogP contribution in [0.5, 0.6) is 0 Å². The van der Waals surface area contributed by atoms with Crippen molar-refractivity contribution in [2.24, 2.45) is 5.73 Å². The Kier molecular flexibility index (Phi) is 3.71. The van der Waals surface area contributed by atoms with Gasteiger partial charge in [-0.25, -0.2) is 4.39 Å². The number of hydrogen-bond acceptors (Lipinski definition) is 2. The van der Waals surface area contributed by atoms with Gasteiger partial charge in [0.15, 0.2) is 0 Å². The first-order valence-corrected chi connectivity index (χ1v) is 5.65. The largest absolute Gasteiger partial charge is 0.369 e. The van der Waals surface area contributed by atoms with E-state index in [1.807, 2.05) is 6.07 Å². The highest BCUT2D eigenvalue weighted by molar-refractivity contribution is 5.96. The summed E-state index contributed by atoms with van der Waals surface area (Å²) < 4.78 is 14.0. The summed E-state index contributed by atoms with van der Waals surface area (Å²) in [4.78, 5) is 21.7. The molecular weight excluding hydrogens is 245 g/mol. The van der Waals surface area contributed by atoms with Crippen molar-refractivity contribution >= 4 is 12.2 Å². The third kappa shape index (κ3) is 2.68. The molecule has 95 valence electrons. The molecule has 0 saturated heterocycles. The molecule has 0 aromatic heterocycles. The summed E-state index contributed by atoms with van der Waals surface area (Å²) in [6, 6.07) is 13.1. The first kappa shape index (κ1) is 13.0. The standard InChI is InChI=1S/C15H11FNO2/c16-14-8-11(13(9-18)15(17)19)6-7-12(14)10-4-2-1-3-5-10/h1-8,13H,(H2,17,19)/t13-/m0/s1. The maximum Gasteiger partial charge on any atom is 0.233 e. The van der Waals surface area contributed by atoms with Crippen LogP contribution in [0.4, 0.5) is 4.39 Å². The molecule has 1 radical (unpaired) electrons. The molecule has 0 unspecified atom stereocenters. The number of benzene rings is 2. The Morgan fingerprint density at radius 1 is 1.16 bits per heavy atom. The lowest BCUT2D eigenvalue weighted by molar-refractivity contribution is -0.118. The Labute approximate surface area is 109 Å². The van der Waals surface area contributed by atoms with Crippen molar-refractivity contribution in [1.29, 1.82) is 0 Å². The Hall–Kier alpha value is -2.49. The highest BCUT2D eigenvalue weighted by Crippen LogP contribution is 2.25. The van der Waals surface area contributed by atoms with E-state index in [4.69, 9.17) is 5.73 Å². The molecule has 2 N–H and O–H groups in total. The Morgan fingerprint density at radius 2 is 1.84 bits per heavy atom. The van der Waals surface area contributed by atoms with Crippen molar-refractivity contribution in [3.63, 3.8) is 0 Å². The minimum atomic E-state index is -1.24.